The SMILES string of the molecule is COc1ccc(Br)c(C(=O)NCCn2nc(-n3cncn3)ccc2=O)c1. The van der Waals surface area contributed by atoms with Crippen molar-refractivity contribution in [1.29, 1.82) is 0 Å². The fourth-order valence-corrected chi connectivity index (χ4v) is 2.65. The number of halogens is 1. The van der Waals surface area contributed by atoms with E-state index < -0.39 is 0 Å². The molecular weight excluding hydrogens is 404 g/mol. The van der Waals surface area contributed by atoms with Gasteiger partial charge in [-0.05, 0) is 40.2 Å². The number of hydrogen-bond acceptors (Lipinski definition) is 6. The van der Waals surface area contributed by atoms with Gasteiger partial charge in [-0.3, -0.25) is 9.59 Å². The van der Waals surface area contributed by atoms with Gasteiger partial charge >= 0.3 is 0 Å². The van der Waals surface area contributed by atoms with Crippen LogP contribution in [0.5, 0.6) is 5.75 Å². The fraction of sp³-hybridized carbons (Fsp3) is 0.188. The highest BCUT2D eigenvalue weighted by Crippen LogP contribution is 2.22. The number of carbonyl (C=O) groups excluding carboxylic acids is 1. The van der Waals surface area contributed by atoms with Crippen LogP contribution in [0.4, 0.5) is 0 Å². The predicted molar refractivity (Wildman–Crippen MR) is 96.4 cm³/mol. The molecule has 3 aromatic rings. The van der Waals surface area contributed by atoms with Crippen molar-refractivity contribution in [3.63, 3.8) is 0 Å². The van der Waals surface area contributed by atoms with Crippen LogP contribution in [0.1, 0.15) is 10.4 Å². The average molecular weight is 419 g/mol. The average Bonchev–Trinajstić information content (AvgIpc) is 3.18. The number of methoxy groups -OCH3 is 1. The first-order chi connectivity index (χ1) is 12.6. The Kier molecular flexibility index (Phi) is 5.42. The molecule has 1 aromatic carbocycles. The molecule has 0 saturated heterocycles. The summed E-state index contributed by atoms with van der Waals surface area (Å²) in [6.45, 7) is 0.449. The van der Waals surface area contributed by atoms with E-state index in [4.69, 9.17) is 4.74 Å². The van der Waals surface area contributed by atoms with E-state index in [-0.39, 0.29) is 24.6 Å². The first kappa shape index (κ1) is 17.8. The van der Waals surface area contributed by atoms with Gasteiger partial charge in [0.05, 0.1) is 19.2 Å². The molecule has 0 spiro atoms. The number of rotatable bonds is 6. The maximum atomic E-state index is 12.3. The second kappa shape index (κ2) is 7.91. The van der Waals surface area contributed by atoms with Gasteiger partial charge in [-0.2, -0.15) is 5.10 Å². The molecule has 134 valence electrons. The van der Waals surface area contributed by atoms with E-state index in [1.807, 2.05) is 0 Å². The lowest BCUT2D eigenvalue weighted by atomic mass is 10.2. The highest BCUT2D eigenvalue weighted by atomic mass is 79.9. The Morgan fingerprint density at radius 1 is 1.31 bits per heavy atom. The largest absolute Gasteiger partial charge is 0.497 e. The first-order valence-electron chi connectivity index (χ1n) is 7.63. The molecule has 0 saturated carbocycles. The lowest BCUT2D eigenvalue weighted by Crippen LogP contribution is -2.32. The maximum absolute atomic E-state index is 12.3. The summed E-state index contributed by atoms with van der Waals surface area (Å²) in [6, 6.07) is 8.07. The summed E-state index contributed by atoms with van der Waals surface area (Å²) >= 11 is 3.34. The zero-order chi connectivity index (χ0) is 18.5. The molecule has 0 aliphatic rings. The van der Waals surface area contributed by atoms with E-state index in [2.05, 4.69) is 36.4 Å². The zero-order valence-corrected chi connectivity index (χ0v) is 15.4. The van der Waals surface area contributed by atoms with Crippen LogP contribution in [0.2, 0.25) is 0 Å². The van der Waals surface area contributed by atoms with Gasteiger partial charge in [-0.25, -0.2) is 14.3 Å². The van der Waals surface area contributed by atoms with Crippen LogP contribution < -0.4 is 15.6 Å². The molecule has 0 aliphatic carbocycles. The van der Waals surface area contributed by atoms with E-state index in [9.17, 15) is 9.59 Å². The number of amides is 1. The van der Waals surface area contributed by atoms with Crippen LogP contribution in [-0.4, -0.2) is 44.1 Å². The van der Waals surface area contributed by atoms with Crippen LogP contribution in [-0.2, 0) is 6.54 Å². The van der Waals surface area contributed by atoms with Crippen molar-refractivity contribution in [2.75, 3.05) is 13.7 Å². The van der Waals surface area contributed by atoms with Gasteiger partial charge in [0.1, 0.15) is 18.4 Å². The lowest BCUT2D eigenvalue weighted by molar-refractivity contribution is 0.0950. The molecule has 1 amide bonds. The summed E-state index contributed by atoms with van der Waals surface area (Å²) in [4.78, 5) is 28.1. The van der Waals surface area contributed by atoms with Gasteiger partial charge in [0, 0.05) is 17.1 Å². The molecule has 9 nitrogen and oxygen atoms in total. The third-order valence-electron chi connectivity index (χ3n) is 3.53. The Labute approximate surface area is 156 Å². The molecule has 0 atom stereocenters. The highest BCUT2D eigenvalue weighted by Gasteiger charge is 2.11. The number of nitrogens with one attached hydrogen (secondary N) is 1. The highest BCUT2D eigenvalue weighted by molar-refractivity contribution is 9.10. The minimum atomic E-state index is -0.281. The number of nitrogens with zero attached hydrogens (tertiary/aromatic N) is 5. The van der Waals surface area contributed by atoms with Gasteiger partial charge in [-0.1, -0.05) is 0 Å². The van der Waals surface area contributed by atoms with Crippen molar-refractivity contribution in [1.82, 2.24) is 29.9 Å². The second-order valence-electron chi connectivity index (χ2n) is 5.19. The Morgan fingerprint density at radius 3 is 2.88 bits per heavy atom. The lowest BCUT2D eigenvalue weighted by Gasteiger charge is -2.10. The van der Waals surface area contributed by atoms with E-state index in [1.54, 1.807) is 24.3 Å². The molecular formula is C16H15BrN6O3. The summed E-state index contributed by atoms with van der Waals surface area (Å²) in [5.41, 5.74) is 0.173. The van der Waals surface area contributed by atoms with Crippen molar-refractivity contribution in [2.45, 2.75) is 6.54 Å². The normalized spacial score (nSPS) is 10.5. The van der Waals surface area contributed by atoms with Gasteiger partial charge < -0.3 is 10.1 Å². The fourth-order valence-electron chi connectivity index (χ4n) is 2.22. The van der Waals surface area contributed by atoms with Gasteiger partial charge in [0.25, 0.3) is 11.5 Å². The Hall–Kier alpha value is -3.01. The van der Waals surface area contributed by atoms with E-state index in [0.29, 0.717) is 21.6 Å². The number of hydrogen-bond donors (Lipinski definition) is 1. The quantitative estimate of drug-likeness (QED) is 0.640. The molecule has 3 rings (SSSR count). The molecule has 0 fully saturated rings. The van der Waals surface area contributed by atoms with Crippen LogP contribution in [0, 0.1) is 0 Å². The third-order valence-corrected chi connectivity index (χ3v) is 4.22. The predicted octanol–water partition coefficient (Wildman–Crippen LogP) is 1.03. The summed E-state index contributed by atoms with van der Waals surface area (Å²) in [7, 11) is 1.53. The van der Waals surface area contributed by atoms with Crippen LogP contribution in [0.25, 0.3) is 5.82 Å². The molecule has 2 heterocycles. The van der Waals surface area contributed by atoms with Crippen molar-refractivity contribution < 1.29 is 9.53 Å². The first-order valence-corrected chi connectivity index (χ1v) is 8.42. The maximum Gasteiger partial charge on any atom is 0.266 e. The van der Waals surface area contributed by atoms with Gasteiger partial charge in [-0.15, -0.1) is 5.10 Å². The van der Waals surface area contributed by atoms with Crippen LogP contribution >= 0.6 is 15.9 Å². The van der Waals surface area contributed by atoms with E-state index in [1.165, 1.54) is 35.2 Å². The number of carbonyl (C=O) groups is 1. The molecule has 0 bridgehead atoms. The Bertz CT molecular complexity index is 970. The molecule has 0 unspecified atom stereocenters. The molecule has 0 aliphatic heterocycles. The molecule has 2 aromatic heterocycles. The second-order valence-corrected chi connectivity index (χ2v) is 6.05. The topological polar surface area (TPSA) is 104 Å². The minimum absolute atomic E-state index is 0.217. The standard InChI is InChI=1S/C16H15BrN6O3/c1-26-11-2-3-13(17)12(8-11)16(25)19-6-7-22-15(24)5-4-14(21-22)23-10-18-9-20-23/h2-5,8-10H,6-7H2,1H3,(H,19,25). The molecule has 1 N–H and O–H groups in total. The number of ether oxygens (including phenoxy) is 1. The van der Waals surface area contributed by atoms with Crippen molar-refractivity contribution in [3.8, 4) is 11.6 Å². The minimum Gasteiger partial charge on any atom is -0.497 e. The summed E-state index contributed by atoms with van der Waals surface area (Å²) < 4.78 is 8.49. The molecule has 26 heavy (non-hydrogen) atoms. The monoisotopic (exact) mass is 418 g/mol. The summed E-state index contributed by atoms with van der Waals surface area (Å²) in [5.74, 6) is 0.761. The molecule has 0 radical (unpaired) electrons. The number of benzene rings is 1. The Balaban J connectivity index is 1.67. The van der Waals surface area contributed by atoms with E-state index in [0.717, 1.165) is 0 Å². The summed E-state index contributed by atoms with van der Waals surface area (Å²) in [5, 5.41) is 10.9. The smallest absolute Gasteiger partial charge is 0.266 e. The van der Waals surface area contributed by atoms with Gasteiger partial charge in [0.2, 0.25) is 0 Å². The number of aromatic nitrogens is 5. The van der Waals surface area contributed by atoms with Crippen molar-refractivity contribution in [3.05, 3.63) is 63.4 Å². The van der Waals surface area contributed by atoms with Crippen LogP contribution in [0.3, 0.4) is 0 Å². The third kappa shape index (κ3) is 3.97. The van der Waals surface area contributed by atoms with Crippen LogP contribution in [0.15, 0.2) is 52.3 Å². The zero-order valence-electron chi connectivity index (χ0n) is 13.8. The summed E-state index contributed by atoms with van der Waals surface area (Å²) in [6.07, 6.45) is 2.86. The van der Waals surface area contributed by atoms with E-state index >= 15 is 0 Å². The van der Waals surface area contributed by atoms with Crippen molar-refractivity contribution in [2.24, 2.45) is 0 Å². The Morgan fingerprint density at radius 2 is 2.15 bits per heavy atom. The van der Waals surface area contributed by atoms with Crippen molar-refractivity contribution >= 4 is 21.8 Å². The van der Waals surface area contributed by atoms with Gasteiger partial charge in [0.15, 0.2) is 5.82 Å². The molecule has 10 heteroatoms.